The van der Waals surface area contributed by atoms with Crippen LogP contribution in [0.2, 0.25) is 0 Å². The van der Waals surface area contributed by atoms with Gasteiger partial charge >= 0.3 is 12.1 Å². The van der Waals surface area contributed by atoms with Gasteiger partial charge in [0, 0.05) is 0 Å². The normalized spacial score (nSPS) is 11.2. The van der Waals surface area contributed by atoms with Crippen LogP contribution < -0.4 is 4.74 Å². The van der Waals surface area contributed by atoms with Gasteiger partial charge in [0.05, 0.1) is 24.8 Å². The molecule has 0 unspecified atom stereocenters. The Morgan fingerprint density at radius 1 is 1.33 bits per heavy atom. The van der Waals surface area contributed by atoms with E-state index in [1.807, 2.05) is 0 Å². The second-order valence-corrected chi connectivity index (χ2v) is 3.55. The number of hydrogen-bond acceptors (Lipinski definition) is 3. The van der Waals surface area contributed by atoms with Gasteiger partial charge in [-0.3, -0.25) is 0 Å². The number of halogens is 3. The minimum Gasteiger partial charge on any atom is -0.497 e. The molecule has 0 aliphatic heterocycles. The third-order valence-corrected chi connectivity index (χ3v) is 2.19. The van der Waals surface area contributed by atoms with Crippen molar-refractivity contribution in [3.63, 3.8) is 0 Å². The van der Waals surface area contributed by atoms with Gasteiger partial charge in [-0.25, -0.2) is 4.79 Å². The summed E-state index contributed by atoms with van der Waals surface area (Å²) in [5, 5.41) is 0. The number of esters is 1. The average Bonchev–Trinajstić information content (AvgIpc) is 2.34. The van der Waals surface area contributed by atoms with Gasteiger partial charge in [0.15, 0.2) is 0 Å². The highest BCUT2D eigenvalue weighted by Crippen LogP contribution is 2.34. The van der Waals surface area contributed by atoms with Gasteiger partial charge in [0.25, 0.3) is 0 Å². The van der Waals surface area contributed by atoms with Crippen LogP contribution in [0.15, 0.2) is 18.2 Å². The molecule has 0 fully saturated rings. The van der Waals surface area contributed by atoms with Crippen molar-refractivity contribution >= 4 is 5.97 Å². The van der Waals surface area contributed by atoms with Crippen molar-refractivity contribution in [2.45, 2.75) is 19.5 Å². The second kappa shape index (κ2) is 5.75. The van der Waals surface area contributed by atoms with E-state index in [0.717, 1.165) is 12.1 Å². The van der Waals surface area contributed by atoms with Crippen LogP contribution >= 0.6 is 0 Å². The largest absolute Gasteiger partial charge is 0.497 e. The van der Waals surface area contributed by atoms with Gasteiger partial charge < -0.3 is 9.47 Å². The van der Waals surface area contributed by atoms with Gasteiger partial charge in [0.2, 0.25) is 0 Å². The fourth-order valence-corrected chi connectivity index (χ4v) is 1.34. The van der Waals surface area contributed by atoms with Crippen LogP contribution in [0.5, 0.6) is 5.75 Å². The zero-order valence-corrected chi connectivity index (χ0v) is 10.0. The third kappa shape index (κ3) is 3.38. The van der Waals surface area contributed by atoms with E-state index in [1.54, 1.807) is 6.92 Å². The maximum atomic E-state index is 12.8. The standard InChI is InChI=1S/C12H13F3O3/c1-3-6-18-11(16)9-5-4-8(17-2)7-10(9)12(13,14)15/h4-5,7H,3,6H2,1-2H3. The zero-order chi connectivity index (χ0) is 13.8. The molecule has 0 saturated carbocycles. The monoisotopic (exact) mass is 262 g/mol. The highest BCUT2D eigenvalue weighted by molar-refractivity contribution is 5.91. The molecule has 0 aromatic heterocycles. The van der Waals surface area contributed by atoms with Gasteiger partial charge in [-0.05, 0) is 24.6 Å². The summed E-state index contributed by atoms with van der Waals surface area (Å²) in [6, 6.07) is 3.12. The number of benzene rings is 1. The van der Waals surface area contributed by atoms with Crippen molar-refractivity contribution in [3.05, 3.63) is 29.3 Å². The van der Waals surface area contributed by atoms with Crippen LogP contribution in [0, 0.1) is 0 Å². The van der Waals surface area contributed by atoms with Crippen LogP contribution in [0.4, 0.5) is 13.2 Å². The Balaban J connectivity index is 3.14. The molecular weight excluding hydrogens is 249 g/mol. The molecule has 0 saturated heterocycles. The lowest BCUT2D eigenvalue weighted by atomic mass is 10.1. The van der Waals surface area contributed by atoms with E-state index < -0.39 is 23.3 Å². The Bertz CT molecular complexity index is 427. The molecule has 1 rings (SSSR count). The lowest BCUT2D eigenvalue weighted by Crippen LogP contribution is -2.15. The van der Waals surface area contributed by atoms with Crippen molar-refractivity contribution in [1.82, 2.24) is 0 Å². The molecule has 0 radical (unpaired) electrons. The van der Waals surface area contributed by atoms with E-state index in [-0.39, 0.29) is 12.4 Å². The van der Waals surface area contributed by atoms with E-state index >= 15 is 0 Å². The van der Waals surface area contributed by atoms with Crippen molar-refractivity contribution in [2.24, 2.45) is 0 Å². The van der Waals surface area contributed by atoms with Crippen LogP contribution in [-0.4, -0.2) is 19.7 Å². The molecule has 6 heteroatoms. The Morgan fingerprint density at radius 2 is 2.00 bits per heavy atom. The molecule has 0 amide bonds. The van der Waals surface area contributed by atoms with E-state index in [4.69, 9.17) is 9.47 Å². The SMILES string of the molecule is CCCOC(=O)c1ccc(OC)cc1C(F)(F)F. The third-order valence-electron chi connectivity index (χ3n) is 2.19. The van der Waals surface area contributed by atoms with Crippen LogP contribution in [-0.2, 0) is 10.9 Å². The molecule has 0 aliphatic rings. The van der Waals surface area contributed by atoms with Crippen molar-refractivity contribution in [2.75, 3.05) is 13.7 Å². The molecule has 3 nitrogen and oxygen atoms in total. The zero-order valence-electron chi connectivity index (χ0n) is 10.0. The highest BCUT2D eigenvalue weighted by Gasteiger charge is 2.36. The van der Waals surface area contributed by atoms with Crippen molar-refractivity contribution in [1.29, 1.82) is 0 Å². The first-order chi connectivity index (χ1) is 8.40. The number of ether oxygens (including phenoxy) is 2. The summed E-state index contributed by atoms with van der Waals surface area (Å²) < 4.78 is 47.8. The molecule has 0 spiro atoms. The molecule has 0 bridgehead atoms. The summed E-state index contributed by atoms with van der Waals surface area (Å²) >= 11 is 0. The molecule has 1 aromatic carbocycles. The maximum Gasteiger partial charge on any atom is 0.417 e. The predicted molar refractivity (Wildman–Crippen MR) is 58.6 cm³/mol. The number of hydrogen-bond donors (Lipinski definition) is 0. The minimum absolute atomic E-state index is 0.0365. The predicted octanol–water partition coefficient (Wildman–Crippen LogP) is 3.28. The Morgan fingerprint density at radius 3 is 2.50 bits per heavy atom. The van der Waals surface area contributed by atoms with Gasteiger partial charge in [-0.1, -0.05) is 6.92 Å². The van der Waals surface area contributed by atoms with Crippen LogP contribution in [0.25, 0.3) is 0 Å². The van der Waals surface area contributed by atoms with E-state index in [1.165, 1.54) is 13.2 Å². The molecule has 1 aromatic rings. The summed E-state index contributed by atoms with van der Waals surface area (Å²) in [4.78, 5) is 11.5. The number of alkyl halides is 3. The maximum absolute atomic E-state index is 12.8. The van der Waals surface area contributed by atoms with E-state index in [9.17, 15) is 18.0 Å². The number of carbonyl (C=O) groups excluding carboxylic acids is 1. The first kappa shape index (κ1) is 14.3. The fraction of sp³-hybridized carbons (Fsp3) is 0.417. The number of rotatable bonds is 4. The number of methoxy groups -OCH3 is 1. The summed E-state index contributed by atoms with van der Waals surface area (Å²) in [5.74, 6) is -0.943. The molecule has 100 valence electrons. The average molecular weight is 262 g/mol. The van der Waals surface area contributed by atoms with Gasteiger partial charge in [-0.2, -0.15) is 13.2 Å². The topological polar surface area (TPSA) is 35.5 Å². The summed E-state index contributed by atoms with van der Waals surface area (Å²) in [6.45, 7) is 1.84. The Hall–Kier alpha value is -1.72. The van der Waals surface area contributed by atoms with Crippen LogP contribution in [0.1, 0.15) is 29.3 Å². The van der Waals surface area contributed by atoms with Crippen LogP contribution in [0.3, 0.4) is 0 Å². The smallest absolute Gasteiger partial charge is 0.417 e. The van der Waals surface area contributed by atoms with Gasteiger partial charge in [0.1, 0.15) is 5.75 Å². The summed E-state index contributed by atoms with van der Waals surface area (Å²) in [5.41, 5.74) is -1.56. The van der Waals surface area contributed by atoms with E-state index in [2.05, 4.69) is 0 Å². The Kier molecular flexibility index (Phi) is 4.58. The highest BCUT2D eigenvalue weighted by atomic mass is 19.4. The lowest BCUT2D eigenvalue weighted by Gasteiger charge is -2.13. The van der Waals surface area contributed by atoms with Crippen molar-refractivity contribution < 1.29 is 27.4 Å². The number of carbonyl (C=O) groups is 1. The molecule has 0 atom stereocenters. The minimum atomic E-state index is -4.63. The van der Waals surface area contributed by atoms with Crippen molar-refractivity contribution in [3.8, 4) is 5.75 Å². The molecule has 0 heterocycles. The second-order valence-electron chi connectivity index (χ2n) is 3.55. The lowest BCUT2D eigenvalue weighted by molar-refractivity contribution is -0.138. The molecule has 18 heavy (non-hydrogen) atoms. The summed E-state index contributed by atoms with van der Waals surface area (Å²) in [6.07, 6.45) is -4.08. The first-order valence-corrected chi connectivity index (χ1v) is 5.32. The van der Waals surface area contributed by atoms with E-state index in [0.29, 0.717) is 6.42 Å². The molecule has 0 N–H and O–H groups in total. The molecule has 0 aliphatic carbocycles. The quantitative estimate of drug-likeness (QED) is 0.781. The summed E-state index contributed by atoms with van der Waals surface area (Å²) in [7, 11) is 1.25. The van der Waals surface area contributed by atoms with Gasteiger partial charge in [-0.15, -0.1) is 0 Å². The Labute approximate surface area is 103 Å². The molecular formula is C12H13F3O3. The fourth-order valence-electron chi connectivity index (χ4n) is 1.34. The first-order valence-electron chi connectivity index (χ1n) is 5.32.